The van der Waals surface area contributed by atoms with Crippen LogP contribution in [0.5, 0.6) is 0 Å². The van der Waals surface area contributed by atoms with Gasteiger partial charge in [-0.3, -0.25) is 0 Å². The predicted molar refractivity (Wildman–Crippen MR) is 75.2 cm³/mol. The number of epoxide rings is 2. The Morgan fingerprint density at radius 3 is 2.00 bits per heavy atom. The average Bonchev–Trinajstić information content (AvgIpc) is 3.29. The fraction of sp³-hybridized carbons (Fsp3) is 1.00. The van der Waals surface area contributed by atoms with Gasteiger partial charge >= 0.3 is 9.28 Å². The molecule has 0 saturated carbocycles. The summed E-state index contributed by atoms with van der Waals surface area (Å²) in [6.45, 7) is 8.70. The van der Waals surface area contributed by atoms with Gasteiger partial charge in [-0.1, -0.05) is 13.8 Å². The van der Waals surface area contributed by atoms with Crippen LogP contribution in [0.1, 0.15) is 33.1 Å². The first-order valence-corrected chi connectivity index (χ1v) is 9.33. The first-order chi connectivity index (χ1) is 9.35. The fourth-order valence-corrected chi connectivity index (χ4v) is 4.04. The van der Waals surface area contributed by atoms with E-state index in [-0.39, 0.29) is 0 Å². The summed E-state index contributed by atoms with van der Waals surface area (Å²) in [6.07, 6.45) is 3.86. The lowest BCUT2D eigenvalue weighted by molar-refractivity contribution is 0.112. The van der Waals surface area contributed by atoms with E-state index >= 15 is 0 Å². The lowest BCUT2D eigenvalue weighted by atomic mass is 10.4. The first-order valence-electron chi connectivity index (χ1n) is 7.57. The molecule has 2 saturated heterocycles. The summed E-state index contributed by atoms with van der Waals surface area (Å²) < 4.78 is 22.4. The van der Waals surface area contributed by atoms with Crippen LogP contribution in [0.2, 0.25) is 6.04 Å². The third-order valence-electron chi connectivity index (χ3n) is 3.24. The Morgan fingerprint density at radius 1 is 1.05 bits per heavy atom. The average molecular weight is 289 g/mol. The molecule has 0 amide bonds. The molecule has 0 N–H and O–H groups in total. The highest BCUT2D eigenvalue weighted by Crippen LogP contribution is 2.26. The van der Waals surface area contributed by atoms with Crippen LogP contribution < -0.4 is 0 Å². The van der Waals surface area contributed by atoms with E-state index < -0.39 is 9.28 Å². The standard InChI is InChI=1S/C13H27NO4Si/c1-3-7-17-19(18-8-4-2)9-5-6-14(12-10-15-12)13-11-16-13/h12-13,19H,3-11H2,1-2H3. The third-order valence-corrected chi connectivity index (χ3v) is 5.34. The van der Waals surface area contributed by atoms with Crippen LogP contribution in [0.15, 0.2) is 0 Å². The van der Waals surface area contributed by atoms with Gasteiger partial charge in [-0.15, -0.1) is 0 Å². The molecule has 6 heteroatoms. The monoisotopic (exact) mass is 289 g/mol. The third kappa shape index (κ3) is 5.89. The molecule has 0 radical (unpaired) electrons. The van der Waals surface area contributed by atoms with Gasteiger partial charge in [0.2, 0.25) is 0 Å². The Bertz CT molecular complexity index is 229. The molecule has 2 atom stereocenters. The van der Waals surface area contributed by atoms with Crippen molar-refractivity contribution in [3.63, 3.8) is 0 Å². The van der Waals surface area contributed by atoms with E-state index in [4.69, 9.17) is 18.3 Å². The largest absolute Gasteiger partial charge is 0.397 e. The maximum Gasteiger partial charge on any atom is 0.321 e. The van der Waals surface area contributed by atoms with E-state index in [1.807, 2.05) is 0 Å². The topological polar surface area (TPSA) is 46.8 Å². The van der Waals surface area contributed by atoms with Crippen LogP contribution in [0.3, 0.4) is 0 Å². The lowest BCUT2D eigenvalue weighted by Gasteiger charge is -2.20. The normalized spacial score (nSPS) is 25.3. The van der Waals surface area contributed by atoms with Crippen LogP contribution in [-0.4, -0.2) is 59.6 Å². The highest BCUT2D eigenvalue weighted by atomic mass is 28.3. The minimum atomic E-state index is -1.46. The van der Waals surface area contributed by atoms with Crippen molar-refractivity contribution < 1.29 is 18.3 Å². The second kappa shape index (κ2) is 8.34. The van der Waals surface area contributed by atoms with Crippen molar-refractivity contribution in [2.24, 2.45) is 0 Å². The molecule has 19 heavy (non-hydrogen) atoms. The van der Waals surface area contributed by atoms with Crippen molar-refractivity contribution in [1.29, 1.82) is 0 Å². The summed E-state index contributed by atoms with van der Waals surface area (Å²) in [4.78, 5) is 2.32. The molecule has 2 fully saturated rings. The second-order valence-electron chi connectivity index (χ2n) is 5.13. The summed E-state index contributed by atoms with van der Waals surface area (Å²) in [5, 5.41) is 0. The molecule has 0 spiro atoms. The van der Waals surface area contributed by atoms with E-state index in [2.05, 4.69) is 18.7 Å². The number of rotatable bonds is 12. The van der Waals surface area contributed by atoms with Gasteiger partial charge in [-0.25, -0.2) is 4.90 Å². The molecule has 2 unspecified atom stereocenters. The van der Waals surface area contributed by atoms with Gasteiger partial charge in [-0.2, -0.15) is 0 Å². The Labute approximate surface area is 118 Å². The summed E-state index contributed by atoms with van der Waals surface area (Å²) in [5.41, 5.74) is 0. The number of hydrogen-bond acceptors (Lipinski definition) is 5. The van der Waals surface area contributed by atoms with E-state index in [0.717, 1.165) is 58.3 Å². The van der Waals surface area contributed by atoms with Gasteiger partial charge in [0, 0.05) is 19.8 Å². The SMILES string of the molecule is CCCO[SiH](CCCN(C1CO1)C1CO1)OCCC. The smallest absolute Gasteiger partial charge is 0.321 e. The van der Waals surface area contributed by atoms with Crippen molar-refractivity contribution in [2.45, 2.75) is 51.6 Å². The van der Waals surface area contributed by atoms with Crippen molar-refractivity contribution >= 4 is 9.28 Å². The molecule has 2 heterocycles. The molecular formula is C13H27NO4Si. The van der Waals surface area contributed by atoms with Gasteiger partial charge in [0.05, 0.1) is 13.2 Å². The molecule has 2 rings (SSSR count). The zero-order chi connectivity index (χ0) is 13.5. The Kier molecular flexibility index (Phi) is 6.76. The quantitative estimate of drug-likeness (QED) is 0.402. The van der Waals surface area contributed by atoms with E-state index in [1.54, 1.807) is 0 Å². The summed E-state index contributed by atoms with van der Waals surface area (Å²) >= 11 is 0. The molecule has 5 nitrogen and oxygen atoms in total. The molecule has 0 aliphatic carbocycles. The zero-order valence-corrected chi connectivity index (χ0v) is 13.3. The van der Waals surface area contributed by atoms with Crippen molar-refractivity contribution in [3.05, 3.63) is 0 Å². The van der Waals surface area contributed by atoms with Crippen molar-refractivity contribution in [1.82, 2.24) is 4.90 Å². The predicted octanol–water partition coefficient (Wildman–Crippen LogP) is 1.46. The minimum absolute atomic E-state index is 0.306. The Balaban J connectivity index is 1.61. The van der Waals surface area contributed by atoms with E-state index in [1.165, 1.54) is 0 Å². The minimum Gasteiger partial charge on any atom is -0.397 e. The van der Waals surface area contributed by atoms with Crippen LogP contribution in [-0.2, 0) is 18.3 Å². The van der Waals surface area contributed by atoms with Gasteiger partial charge in [0.15, 0.2) is 0 Å². The molecule has 2 aliphatic rings. The molecule has 0 aromatic carbocycles. The van der Waals surface area contributed by atoms with Gasteiger partial charge in [-0.05, 0) is 25.3 Å². The van der Waals surface area contributed by atoms with Crippen LogP contribution in [0, 0.1) is 0 Å². The maximum absolute atomic E-state index is 5.86. The van der Waals surface area contributed by atoms with Crippen LogP contribution in [0.25, 0.3) is 0 Å². The van der Waals surface area contributed by atoms with E-state index in [9.17, 15) is 0 Å². The molecule has 0 bridgehead atoms. The lowest BCUT2D eigenvalue weighted by Crippen LogP contribution is -2.32. The van der Waals surface area contributed by atoms with E-state index in [0.29, 0.717) is 12.5 Å². The molecule has 0 aromatic rings. The second-order valence-corrected chi connectivity index (χ2v) is 7.23. The fourth-order valence-electron chi connectivity index (χ4n) is 2.10. The molecular weight excluding hydrogens is 262 g/mol. The number of hydrogen-bond donors (Lipinski definition) is 0. The number of nitrogens with zero attached hydrogens (tertiary/aromatic N) is 1. The molecule has 2 aliphatic heterocycles. The number of ether oxygens (including phenoxy) is 2. The zero-order valence-electron chi connectivity index (χ0n) is 12.2. The Morgan fingerprint density at radius 2 is 1.58 bits per heavy atom. The van der Waals surface area contributed by atoms with Crippen LogP contribution >= 0.6 is 0 Å². The van der Waals surface area contributed by atoms with Gasteiger partial charge in [0.1, 0.15) is 12.5 Å². The molecule has 112 valence electrons. The highest BCUT2D eigenvalue weighted by molar-refractivity contribution is 6.44. The van der Waals surface area contributed by atoms with Crippen LogP contribution in [0.4, 0.5) is 0 Å². The van der Waals surface area contributed by atoms with Crippen molar-refractivity contribution in [3.8, 4) is 0 Å². The molecule has 0 aromatic heterocycles. The summed E-state index contributed by atoms with van der Waals surface area (Å²) in [5.74, 6) is 0. The summed E-state index contributed by atoms with van der Waals surface area (Å²) in [6, 6.07) is 1.08. The summed E-state index contributed by atoms with van der Waals surface area (Å²) in [7, 11) is -1.46. The Hall–Kier alpha value is 0.0169. The first kappa shape index (κ1) is 15.4. The highest BCUT2D eigenvalue weighted by Gasteiger charge is 2.41. The van der Waals surface area contributed by atoms with Gasteiger partial charge in [0.25, 0.3) is 0 Å². The maximum atomic E-state index is 5.86. The van der Waals surface area contributed by atoms with Crippen molar-refractivity contribution in [2.75, 3.05) is 33.0 Å². The van der Waals surface area contributed by atoms with Gasteiger partial charge < -0.3 is 18.3 Å².